The number of hydrogen-bond donors (Lipinski definition) is 0. The van der Waals surface area contributed by atoms with Crippen molar-refractivity contribution in [1.82, 2.24) is 0 Å². The molecule has 80 valence electrons. The van der Waals surface area contributed by atoms with Crippen LogP contribution in [0, 0.1) is 5.92 Å². The highest BCUT2D eigenvalue weighted by Gasteiger charge is 2.02. The number of hydrogen-bond acceptors (Lipinski definition) is 0. The highest BCUT2D eigenvalue weighted by atomic mass is 14.1. The lowest BCUT2D eigenvalue weighted by atomic mass is 10.0. The molecule has 0 N–H and O–H groups in total. The molecule has 0 aromatic heterocycles. The predicted octanol–water partition coefficient (Wildman–Crippen LogP) is 4.89. The Labute approximate surface area is 89.4 Å². The Morgan fingerprint density at radius 1 is 1.21 bits per heavy atom. The van der Waals surface area contributed by atoms with Crippen LogP contribution in [0.15, 0.2) is 35.5 Å². The first kappa shape index (κ1) is 13.2. The Morgan fingerprint density at radius 2 is 1.86 bits per heavy atom. The van der Waals surface area contributed by atoms with Crippen LogP contribution < -0.4 is 0 Å². The fourth-order valence-corrected chi connectivity index (χ4v) is 1.35. The fourth-order valence-electron chi connectivity index (χ4n) is 1.35. The van der Waals surface area contributed by atoms with Gasteiger partial charge in [0.1, 0.15) is 0 Å². The molecule has 0 saturated heterocycles. The molecular formula is C14H24. The van der Waals surface area contributed by atoms with Gasteiger partial charge in [0.25, 0.3) is 0 Å². The summed E-state index contributed by atoms with van der Waals surface area (Å²) in [5, 5.41) is 0. The van der Waals surface area contributed by atoms with Gasteiger partial charge in [0, 0.05) is 0 Å². The SMILES string of the molecule is CC.CCC1=CC=C(C(C)C)CC=C1. The molecule has 0 nitrogen and oxygen atoms in total. The van der Waals surface area contributed by atoms with Crippen molar-refractivity contribution in [3.8, 4) is 0 Å². The highest BCUT2D eigenvalue weighted by Crippen LogP contribution is 2.19. The molecule has 0 unspecified atom stereocenters. The van der Waals surface area contributed by atoms with Gasteiger partial charge in [-0.15, -0.1) is 0 Å². The Bertz CT molecular complexity index is 226. The molecule has 0 saturated carbocycles. The highest BCUT2D eigenvalue weighted by molar-refractivity contribution is 5.31. The van der Waals surface area contributed by atoms with Crippen molar-refractivity contribution in [2.45, 2.75) is 47.5 Å². The first-order chi connectivity index (χ1) is 6.74. The molecule has 14 heavy (non-hydrogen) atoms. The quantitative estimate of drug-likeness (QED) is 0.584. The Morgan fingerprint density at radius 3 is 2.36 bits per heavy atom. The van der Waals surface area contributed by atoms with Crippen molar-refractivity contribution in [2.75, 3.05) is 0 Å². The summed E-state index contributed by atoms with van der Waals surface area (Å²) >= 11 is 0. The van der Waals surface area contributed by atoms with E-state index in [4.69, 9.17) is 0 Å². The summed E-state index contributed by atoms with van der Waals surface area (Å²) in [5.74, 6) is 0.683. The molecule has 1 rings (SSSR count). The molecule has 1 aliphatic carbocycles. The van der Waals surface area contributed by atoms with Gasteiger partial charge in [-0.1, -0.05) is 64.5 Å². The molecule has 0 heteroatoms. The van der Waals surface area contributed by atoms with Crippen LogP contribution in [-0.2, 0) is 0 Å². The van der Waals surface area contributed by atoms with Gasteiger partial charge in [0.15, 0.2) is 0 Å². The van der Waals surface area contributed by atoms with Crippen molar-refractivity contribution in [2.24, 2.45) is 5.92 Å². The third kappa shape index (κ3) is 4.45. The van der Waals surface area contributed by atoms with E-state index in [1.165, 1.54) is 11.1 Å². The minimum absolute atomic E-state index is 0.683. The maximum atomic E-state index is 2.28. The van der Waals surface area contributed by atoms with Gasteiger partial charge < -0.3 is 0 Å². The first-order valence-corrected chi connectivity index (χ1v) is 5.80. The maximum absolute atomic E-state index is 2.28. The molecule has 0 aromatic rings. The number of rotatable bonds is 2. The molecule has 0 radical (unpaired) electrons. The zero-order valence-corrected chi connectivity index (χ0v) is 10.3. The molecule has 1 aliphatic rings. The van der Waals surface area contributed by atoms with Crippen molar-refractivity contribution in [3.05, 3.63) is 35.5 Å². The second kappa shape index (κ2) is 7.61. The third-order valence-electron chi connectivity index (χ3n) is 2.35. The molecule has 0 heterocycles. The van der Waals surface area contributed by atoms with Crippen molar-refractivity contribution in [3.63, 3.8) is 0 Å². The smallest absolute Gasteiger partial charge is 0.0130 e. The van der Waals surface area contributed by atoms with E-state index in [9.17, 15) is 0 Å². The fraction of sp³-hybridized carbons (Fsp3) is 0.571. The standard InChI is InChI=1S/C12H18.C2H6/c1-4-11-6-5-7-12(9-8-11)10(2)3;1-2/h5-6,8-10H,4,7H2,1-3H3;1-2H3. The molecular weight excluding hydrogens is 168 g/mol. The monoisotopic (exact) mass is 192 g/mol. The molecule has 0 spiro atoms. The van der Waals surface area contributed by atoms with Crippen LogP contribution in [-0.4, -0.2) is 0 Å². The molecule has 0 bridgehead atoms. The van der Waals surface area contributed by atoms with Crippen LogP contribution in [0.4, 0.5) is 0 Å². The average Bonchev–Trinajstić information content (AvgIpc) is 2.45. The minimum atomic E-state index is 0.683. The lowest BCUT2D eigenvalue weighted by molar-refractivity contribution is 0.748. The predicted molar refractivity (Wildman–Crippen MR) is 66.4 cm³/mol. The van der Waals surface area contributed by atoms with Gasteiger partial charge in [0.2, 0.25) is 0 Å². The first-order valence-electron chi connectivity index (χ1n) is 5.80. The zero-order valence-electron chi connectivity index (χ0n) is 10.3. The molecule has 0 aromatic carbocycles. The largest absolute Gasteiger partial charge is 0.0802 e. The van der Waals surface area contributed by atoms with Crippen LogP contribution >= 0.6 is 0 Å². The Hall–Kier alpha value is -0.780. The van der Waals surface area contributed by atoms with Gasteiger partial charge in [-0.25, -0.2) is 0 Å². The summed E-state index contributed by atoms with van der Waals surface area (Å²) in [6, 6.07) is 0. The summed E-state index contributed by atoms with van der Waals surface area (Å²) in [5.41, 5.74) is 2.97. The van der Waals surface area contributed by atoms with E-state index in [0.717, 1.165) is 12.8 Å². The van der Waals surface area contributed by atoms with Crippen molar-refractivity contribution >= 4 is 0 Å². The summed E-state index contributed by atoms with van der Waals surface area (Å²) < 4.78 is 0. The normalized spacial score (nSPS) is 15.3. The minimum Gasteiger partial charge on any atom is -0.0802 e. The van der Waals surface area contributed by atoms with E-state index < -0.39 is 0 Å². The summed E-state index contributed by atoms with van der Waals surface area (Å²) in [6.07, 6.45) is 11.3. The molecule has 0 atom stereocenters. The topological polar surface area (TPSA) is 0 Å². The van der Waals surface area contributed by atoms with Gasteiger partial charge in [-0.05, 0) is 24.3 Å². The van der Waals surface area contributed by atoms with Gasteiger partial charge >= 0.3 is 0 Å². The molecule has 0 fully saturated rings. The maximum Gasteiger partial charge on any atom is -0.0130 e. The second-order valence-corrected chi connectivity index (χ2v) is 3.60. The van der Waals surface area contributed by atoms with Crippen LogP contribution in [0.25, 0.3) is 0 Å². The van der Waals surface area contributed by atoms with Crippen LogP contribution in [0.5, 0.6) is 0 Å². The Kier molecular flexibility index (Phi) is 7.18. The average molecular weight is 192 g/mol. The van der Waals surface area contributed by atoms with E-state index in [2.05, 4.69) is 45.1 Å². The zero-order chi connectivity index (χ0) is 11.0. The van der Waals surface area contributed by atoms with Crippen molar-refractivity contribution < 1.29 is 0 Å². The summed E-state index contributed by atoms with van der Waals surface area (Å²) in [6.45, 7) is 10.7. The third-order valence-corrected chi connectivity index (χ3v) is 2.35. The number of allylic oxidation sites excluding steroid dienone is 6. The van der Waals surface area contributed by atoms with Crippen LogP contribution in [0.1, 0.15) is 47.5 Å². The van der Waals surface area contributed by atoms with Gasteiger partial charge in [-0.3, -0.25) is 0 Å². The van der Waals surface area contributed by atoms with Gasteiger partial charge in [0.05, 0.1) is 0 Å². The molecule has 0 aliphatic heterocycles. The summed E-state index contributed by atoms with van der Waals surface area (Å²) in [4.78, 5) is 0. The summed E-state index contributed by atoms with van der Waals surface area (Å²) in [7, 11) is 0. The van der Waals surface area contributed by atoms with E-state index in [-0.39, 0.29) is 0 Å². The van der Waals surface area contributed by atoms with E-state index in [1.54, 1.807) is 0 Å². The lowest BCUT2D eigenvalue weighted by Crippen LogP contribution is -1.90. The van der Waals surface area contributed by atoms with Crippen molar-refractivity contribution in [1.29, 1.82) is 0 Å². The van der Waals surface area contributed by atoms with E-state index in [0.29, 0.717) is 5.92 Å². The lowest BCUT2D eigenvalue weighted by Gasteiger charge is -2.05. The van der Waals surface area contributed by atoms with Gasteiger partial charge in [-0.2, -0.15) is 0 Å². The molecule has 0 amide bonds. The van der Waals surface area contributed by atoms with Crippen LogP contribution in [0.3, 0.4) is 0 Å². The van der Waals surface area contributed by atoms with E-state index >= 15 is 0 Å². The van der Waals surface area contributed by atoms with E-state index in [1.807, 2.05) is 13.8 Å². The van der Waals surface area contributed by atoms with Crippen LogP contribution in [0.2, 0.25) is 0 Å². The Balaban J connectivity index is 0.000000791. The second-order valence-electron chi connectivity index (χ2n) is 3.60.